The molecule has 0 bridgehead atoms. The Morgan fingerprint density at radius 3 is 2.61 bits per heavy atom. The van der Waals surface area contributed by atoms with Gasteiger partial charge in [0.1, 0.15) is 0 Å². The zero-order valence-electron chi connectivity index (χ0n) is 11.7. The van der Waals surface area contributed by atoms with Crippen molar-refractivity contribution in [3.05, 3.63) is 35.4 Å². The summed E-state index contributed by atoms with van der Waals surface area (Å²) in [6.45, 7) is 6.65. The van der Waals surface area contributed by atoms with Gasteiger partial charge in [-0.05, 0) is 38.3 Å². The van der Waals surface area contributed by atoms with Gasteiger partial charge in [-0.1, -0.05) is 24.3 Å². The molecule has 0 atom stereocenters. The molecule has 1 aromatic rings. The van der Waals surface area contributed by atoms with Crippen molar-refractivity contribution in [1.29, 1.82) is 0 Å². The lowest BCUT2D eigenvalue weighted by molar-refractivity contribution is -0.123. The normalized spacial score (nSPS) is 11.3. The highest BCUT2D eigenvalue weighted by molar-refractivity contribution is 5.76. The molecule has 0 aliphatic carbocycles. The molecular weight excluding hydrogens is 226 g/mol. The molecule has 1 N–H and O–H groups in total. The van der Waals surface area contributed by atoms with Crippen LogP contribution in [0.3, 0.4) is 0 Å². The minimum atomic E-state index is -0.239. The van der Waals surface area contributed by atoms with Crippen molar-refractivity contribution in [3.63, 3.8) is 0 Å². The Balaban J connectivity index is 2.59. The van der Waals surface area contributed by atoms with Crippen LogP contribution in [0.5, 0.6) is 0 Å². The van der Waals surface area contributed by atoms with Crippen LogP contribution in [0.1, 0.15) is 31.4 Å². The standard InChI is InChI=1S/C15H23NO2/c1-12-7-5-6-8-13(12)11-15(2,3)16-14(17)9-10-18-4/h5-8H,9-11H2,1-4H3,(H,16,17). The molecule has 0 saturated carbocycles. The van der Waals surface area contributed by atoms with Gasteiger partial charge in [0.15, 0.2) is 0 Å². The highest BCUT2D eigenvalue weighted by atomic mass is 16.5. The fourth-order valence-corrected chi connectivity index (χ4v) is 1.96. The van der Waals surface area contributed by atoms with Crippen LogP contribution in [-0.4, -0.2) is 25.2 Å². The van der Waals surface area contributed by atoms with Crippen LogP contribution in [0.15, 0.2) is 24.3 Å². The van der Waals surface area contributed by atoms with E-state index in [0.717, 1.165) is 6.42 Å². The van der Waals surface area contributed by atoms with Crippen molar-refractivity contribution < 1.29 is 9.53 Å². The first-order valence-corrected chi connectivity index (χ1v) is 6.29. The van der Waals surface area contributed by atoms with Gasteiger partial charge in [-0.2, -0.15) is 0 Å². The predicted molar refractivity (Wildman–Crippen MR) is 73.6 cm³/mol. The quantitative estimate of drug-likeness (QED) is 0.841. The van der Waals surface area contributed by atoms with E-state index in [-0.39, 0.29) is 11.4 Å². The first-order valence-electron chi connectivity index (χ1n) is 6.29. The van der Waals surface area contributed by atoms with Crippen LogP contribution in [0.2, 0.25) is 0 Å². The number of methoxy groups -OCH3 is 1. The zero-order valence-corrected chi connectivity index (χ0v) is 11.7. The Labute approximate surface area is 110 Å². The van der Waals surface area contributed by atoms with E-state index in [0.29, 0.717) is 13.0 Å². The van der Waals surface area contributed by atoms with Gasteiger partial charge in [0, 0.05) is 19.1 Å². The summed E-state index contributed by atoms with van der Waals surface area (Å²) in [6.07, 6.45) is 1.24. The average molecular weight is 249 g/mol. The van der Waals surface area contributed by atoms with E-state index >= 15 is 0 Å². The molecule has 0 radical (unpaired) electrons. The molecule has 0 unspecified atom stereocenters. The van der Waals surface area contributed by atoms with Crippen LogP contribution >= 0.6 is 0 Å². The number of benzene rings is 1. The Morgan fingerprint density at radius 1 is 1.33 bits per heavy atom. The molecule has 1 rings (SSSR count). The fraction of sp³-hybridized carbons (Fsp3) is 0.533. The molecule has 0 aliphatic heterocycles. The van der Waals surface area contributed by atoms with Gasteiger partial charge < -0.3 is 10.1 Å². The first kappa shape index (κ1) is 14.7. The second-order valence-electron chi connectivity index (χ2n) is 5.28. The number of aryl methyl sites for hydroxylation is 1. The third kappa shape index (κ3) is 4.88. The molecule has 18 heavy (non-hydrogen) atoms. The monoisotopic (exact) mass is 249 g/mol. The molecule has 3 nitrogen and oxygen atoms in total. The van der Waals surface area contributed by atoms with E-state index in [9.17, 15) is 4.79 Å². The lowest BCUT2D eigenvalue weighted by Crippen LogP contribution is -2.45. The van der Waals surface area contributed by atoms with Crippen molar-refractivity contribution in [2.45, 2.75) is 39.2 Å². The number of hydrogen-bond donors (Lipinski definition) is 1. The highest BCUT2D eigenvalue weighted by Crippen LogP contribution is 2.16. The van der Waals surface area contributed by atoms with Gasteiger partial charge in [-0.15, -0.1) is 0 Å². The second kappa shape index (κ2) is 6.55. The van der Waals surface area contributed by atoms with Gasteiger partial charge in [-0.25, -0.2) is 0 Å². The maximum absolute atomic E-state index is 11.7. The topological polar surface area (TPSA) is 38.3 Å². The number of carbonyl (C=O) groups is 1. The Kier molecular flexibility index (Phi) is 5.35. The smallest absolute Gasteiger partial charge is 0.222 e. The summed E-state index contributed by atoms with van der Waals surface area (Å²) in [5.41, 5.74) is 2.29. The summed E-state index contributed by atoms with van der Waals surface area (Å²) in [6, 6.07) is 8.27. The summed E-state index contributed by atoms with van der Waals surface area (Å²) >= 11 is 0. The van der Waals surface area contributed by atoms with Crippen molar-refractivity contribution in [3.8, 4) is 0 Å². The third-order valence-corrected chi connectivity index (χ3v) is 2.90. The molecule has 1 aromatic carbocycles. The largest absolute Gasteiger partial charge is 0.384 e. The lowest BCUT2D eigenvalue weighted by Gasteiger charge is -2.27. The summed E-state index contributed by atoms with van der Waals surface area (Å²) in [5, 5.41) is 3.05. The summed E-state index contributed by atoms with van der Waals surface area (Å²) in [5.74, 6) is 0.0374. The molecular formula is C15H23NO2. The Bertz CT molecular complexity index is 399. The SMILES string of the molecule is COCCC(=O)NC(C)(C)Cc1ccccc1C. The number of nitrogens with one attached hydrogen (secondary N) is 1. The van der Waals surface area contributed by atoms with E-state index in [2.05, 4.69) is 24.4 Å². The molecule has 0 saturated heterocycles. The molecule has 0 heterocycles. The molecule has 0 aromatic heterocycles. The molecule has 3 heteroatoms. The summed E-state index contributed by atoms with van der Waals surface area (Å²) in [7, 11) is 1.60. The van der Waals surface area contributed by atoms with E-state index in [1.807, 2.05) is 26.0 Å². The molecule has 0 spiro atoms. The lowest BCUT2D eigenvalue weighted by atomic mass is 9.92. The summed E-state index contributed by atoms with van der Waals surface area (Å²) < 4.78 is 4.90. The highest BCUT2D eigenvalue weighted by Gasteiger charge is 2.21. The first-order chi connectivity index (χ1) is 8.44. The zero-order chi connectivity index (χ0) is 13.6. The van der Waals surface area contributed by atoms with E-state index in [1.165, 1.54) is 11.1 Å². The van der Waals surface area contributed by atoms with E-state index < -0.39 is 0 Å². The third-order valence-electron chi connectivity index (χ3n) is 2.90. The van der Waals surface area contributed by atoms with Gasteiger partial charge in [0.05, 0.1) is 6.61 Å². The Morgan fingerprint density at radius 2 is 2.00 bits per heavy atom. The van der Waals surface area contributed by atoms with Crippen molar-refractivity contribution >= 4 is 5.91 Å². The molecule has 100 valence electrons. The van der Waals surface area contributed by atoms with Gasteiger partial charge in [-0.3, -0.25) is 4.79 Å². The van der Waals surface area contributed by atoms with Crippen LogP contribution in [0, 0.1) is 6.92 Å². The number of hydrogen-bond acceptors (Lipinski definition) is 2. The second-order valence-corrected chi connectivity index (χ2v) is 5.28. The maximum Gasteiger partial charge on any atom is 0.222 e. The van der Waals surface area contributed by atoms with Gasteiger partial charge in [0.2, 0.25) is 5.91 Å². The van der Waals surface area contributed by atoms with Gasteiger partial charge >= 0.3 is 0 Å². The number of amides is 1. The number of ether oxygens (including phenoxy) is 1. The van der Waals surface area contributed by atoms with Crippen LogP contribution in [-0.2, 0) is 16.0 Å². The number of rotatable bonds is 6. The number of carbonyl (C=O) groups excluding carboxylic acids is 1. The van der Waals surface area contributed by atoms with Crippen molar-refractivity contribution in [1.82, 2.24) is 5.32 Å². The van der Waals surface area contributed by atoms with E-state index in [1.54, 1.807) is 7.11 Å². The van der Waals surface area contributed by atoms with Gasteiger partial charge in [0.25, 0.3) is 0 Å². The van der Waals surface area contributed by atoms with Crippen LogP contribution < -0.4 is 5.32 Å². The molecule has 0 fully saturated rings. The molecule has 1 amide bonds. The Hall–Kier alpha value is -1.35. The van der Waals surface area contributed by atoms with Crippen molar-refractivity contribution in [2.24, 2.45) is 0 Å². The molecule has 0 aliphatic rings. The van der Waals surface area contributed by atoms with Crippen molar-refractivity contribution in [2.75, 3.05) is 13.7 Å². The van der Waals surface area contributed by atoms with Crippen LogP contribution in [0.4, 0.5) is 0 Å². The maximum atomic E-state index is 11.7. The predicted octanol–water partition coefficient (Wildman–Crippen LogP) is 2.47. The minimum absolute atomic E-state index is 0.0374. The van der Waals surface area contributed by atoms with Crippen LogP contribution in [0.25, 0.3) is 0 Å². The summed E-state index contributed by atoms with van der Waals surface area (Å²) in [4.78, 5) is 11.7. The fourth-order valence-electron chi connectivity index (χ4n) is 1.96. The van der Waals surface area contributed by atoms with E-state index in [4.69, 9.17) is 4.74 Å². The average Bonchev–Trinajstić information content (AvgIpc) is 2.28. The minimum Gasteiger partial charge on any atom is -0.384 e.